The number of nitrogens with zero attached hydrogens (tertiary/aromatic N) is 3. The van der Waals surface area contributed by atoms with Gasteiger partial charge in [0.05, 0.1) is 12.7 Å². The number of aromatic nitrogens is 3. The number of carbonyl (C=O) groups is 1. The SMILES string of the molecule is CCCC(C)NC(=O)CNCCCn1ccnn1. The molecule has 0 aliphatic carbocycles. The average molecular weight is 253 g/mol. The lowest BCUT2D eigenvalue weighted by molar-refractivity contribution is -0.120. The molecule has 1 aromatic rings. The average Bonchev–Trinajstić information content (AvgIpc) is 2.81. The van der Waals surface area contributed by atoms with Crippen molar-refractivity contribution in [2.45, 2.75) is 45.7 Å². The van der Waals surface area contributed by atoms with Crippen LogP contribution in [0.3, 0.4) is 0 Å². The van der Waals surface area contributed by atoms with Gasteiger partial charge in [-0.05, 0) is 26.3 Å². The van der Waals surface area contributed by atoms with Crippen molar-refractivity contribution in [1.82, 2.24) is 25.6 Å². The van der Waals surface area contributed by atoms with Gasteiger partial charge in [-0.2, -0.15) is 0 Å². The maximum absolute atomic E-state index is 11.5. The number of rotatable bonds is 9. The number of nitrogens with one attached hydrogen (secondary N) is 2. The predicted octanol–water partition coefficient (Wildman–Crippen LogP) is 0.563. The van der Waals surface area contributed by atoms with Gasteiger partial charge in [-0.1, -0.05) is 18.6 Å². The number of carbonyl (C=O) groups excluding carboxylic acids is 1. The second-order valence-electron chi connectivity index (χ2n) is 4.45. The second kappa shape index (κ2) is 8.63. The standard InChI is InChI=1S/C12H23N5O/c1-3-5-11(2)15-12(18)10-13-6-4-8-17-9-7-14-16-17/h7,9,11,13H,3-6,8,10H2,1-2H3,(H,15,18). The van der Waals surface area contributed by atoms with Crippen molar-refractivity contribution in [3.63, 3.8) is 0 Å². The molecule has 18 heavy (non-hydrogen) atoms. The van der Waals surface area contributed by atoms with E-state index in [1.165, 1.54) is 0 Å². The molecule has 0 spiro atoms. The molecule has 2 N–H and O–H groups in total. The quantitative estimate of drug-likeness (QED) is 0.631. The molecule has 1 aromatic heterocycles. The van der Waals surface area contributed by atoms with E-state index in [9.17, 15) is 4.79 Å². The van der Waals surface area contributed by atoms with Crippen LogP contribution in [0.15, 0.2) is 12.4 Å². The minimum atomic E-state index is 0.0664. The summed E-state index contributed by atoms with van der Waals surface area (Å²) in [6, 6.07) is 0.263. The van der Waals surface area contributed by atoms with E-state index < -0.39 is 0 Å². The molecule has 0 saturated carbocycles. The van der Waals surface area contributed by atoms with Crippen LogP contribution in [0.1, 0.15) is 33.1 Å². The molecule has 102 valence electrons. The van der Waals surface area contributed by atoms with E-state index >= 15 is 0 Å². The van der Waals surface area contributed by atoms with Crippen LogP contribution in [0.2, 0.25) is 0 Å². The molecule has 0 aliphatic heterocycles. The van der Waals surface area contributed by atoms with Crippen LogP contribution in [0, 0.1) is 0 Å². The van der Waals surface area contributed by atoms with Gasteiger partial charge in [0, 0.05) is 18.8 Å². The van der Waals surface area contributed by atoms with E-state index in [2.05, 4.69) is 27.9 Å². The van der Waals surface area contributed by atoms with Crippen LogP contribution in [0.4, 0.5) is 0 Å². The summed E-state index contributed by atoms with van der Waals surface area (Å²) < 4.78 is 1.78. The third kappa shape index (κ3) is 6.34. The summed E-state index contributed by atoms with van der Waals surface area (Å²) in [5, 5.41) is 13.7. The van der Waals surface area contributed by atoms with Gasteiger partial charge in [-0.15, -0.1) is 5.10 Å². The highest BCUT2D eigenvalue weighted by molar-refractivity contribution is 5.78. The third-order valence-corrected chi connectivity index (χ3v) is 2.63. The molecule has 0 aliphatic rings. The third-order valence-electron chi connectivity index (χ3n) is 2.63. The lowest BCUT2D eigenvalue weighted by Crippen LogP contribution is -2.39. The summed E-state index contributed by atoms with van der Waals surface area (Å²) in [6.07, 6.45) is 6.54. The van der Waals surface area contributed by atoms with Crippen LogP contribution >= 0.6 is 0 Å². The molecule has 0 saturated heterocycles. The van der Waals surface area contributed by atoms with Crippen molar-refractivity contribution >= 4 is 5.91 Å². The van der Waals surface area contributed by atoms with Gasteiger partial charge in [0.15, 0.2) is 0 Å². The fourth-order valence-corrected chi connectivity index (χ4v) is 1.75. The van der Waals surface area contributed by atoms with E-state index in [4.69, 9.17) is 0 Å². The topological polar surface area (TPSA) is 71.8 Å². The minimum Gasteiger partial charge on any atom is -0.353 e. The molecule has 1 heterocycles. The van der Waals surface area contributed by atoms with Crippen LogP contribution in [0.25, 0.3) is 0 Å². The first-order valence-corrected chi connectivity index (χ1v) is 6.56. The first kappa shape index (κ1) is 14.6. The Hall–Kier alpha value is -1.43. The smallest absolute Gasteiger partial charge is 0.234 e. The molecule has 0 bridgehead atoms. The van der Waals surface area contributed by atoms with E-state index in [-0.39, 0.29) is 11.9 Å². The zero-order valence-corrected chi connectivity index (χ0v) is 11.2. The Bertz CT molecular complexity index is 325. The van der Waals surface area contributed by atoms with Crippen LogP contribution in [-0.2, 0) is 11.3 Å². The number of amides is 1. The van der Waals surface area contributed by atoms with Crippen molar-refractivity contribution < 1.29 is 4.79 Å². The minimum absolute atomic E-state index is 0.0664. The van der Waals surface area contributed by atoms with Gasteiger partial charge >= 0.3 is 0 Å². The van der Waals surface area contributed by atoms with E-state index in [0.29, 0.717) is 6.54 Å². The van der Waals surface area contributed by atoms with E-state index in [0.717, 1.165) is 32.4 Å². The zero-order chi connectivity index (χ0) is 13.2. The molecule has 1 unspecified atom stereocenters. The highest BCUT2D eigenvalue weighted by atomic mass is 16.1. The Labute approximate surface area is 108 Å². The predicted molar refractivity (Wildman–Crippen MR) is 70.0 cm³/mol. The Balaban J connectivity index is 1.98. The van der Waals surface area contributed by atoms with Gasteiger partial charge in [-0.25, -0.2) is 0 Å². The molecule has 1 rings (SSSR count). The normalized spacial score (nSPS) is 12.3. The summed E-state index contributed by atoms with van der Waals surface area (Å²) in [4.78, 5) is 11.5. The zero-order valence-electron chi connectivity index (χ0n) is 11.2. The summed E-state index contributed by atoms with van der Waals surface area (Å²) in [5.74, 6) is 0.0664. The van der Waals surface area contributed by atoms with Crippen molar-refractivity contribution in [3.8, 4) is 0 Å². The molecule has 0 fully saturated rings. The molecule has 0 radical (unpaired) electrons. The summed E-state index contributed by atoms with van der Waals surface area (Å²) >= 11 is 0. The van der Waals surface area contributed by atoms with Crippen molar-refractivity contribution in [3.05, 3.63) is 12.4 Å². The van der Waals surface area contributed by atoms with Crippen molar-refractivity contribution in [1.29, 1.82) is 0 Å². The fraction of sp³-hybridized carbons (Fsp3) is 0.750. The van der Waals surface area contributed by atoms with Gasteiger partial charge < -0.3 is 10.6 Å². The number of hydrogen-bond acceptors (Lipinski definition) is 4. The molecule has 0 aromatic carbocycles. The Morgan fingerprint density at radius 3 is 3.00 bits per heavy atom. The largest absolute Gasteiger partial charge is 0.353 e. The Morgan fingerprint density at radius 2 is 2.33 bits per heavy atom. The fourth-order valence-electron chi connectivity index (χ4n) is 1.75. The van der Waals surface area contributed by atoms with Crippen LogP contribution < -0.4 is 10.6 Å². The first-order valence-electron chi connectivity index (χ1n) is 6.56. The van der Waals surface area contributed by atoms with E-state index in [1.54, 1.807) is 10.9 Å². The van der Waals surface area contributed by atoms with Gasteiger partial charge in [-0.3, -0.25) is 9.48 Å². The molecule has 1 atom stereocenters. The maximum atomic E-state index is 11.5. The van der Waals surface area contributed by atoms with E-state index in [1.807, 2.05) is 13.1 Å². The summed E-state index contributed by atoms with van der Waals surface area (Å²) in [5.41, 5.74) is 0. The van der Waals surface area contributed by atoms with Crippen LogP contribution in [0.5, 0.6) is 0 Å². The van der Waals surface area contributed by atoms with Gasteiger partial charge in [0.25, 0.3) is 0 Å². The first-order chi connectivity index (χ1) is 8.72. The molecular weight excluding hydrogens is 230 g/mol. The molecular formula is C12H23N5O. The molecule has 1 amide bonds. The number of aryl methyl sites for hydroxylation is 1. The monoisotopic (exact) mass is 253 g/mol. The van der Waals surface area contributed by atoms with Crippen LogP contribution in [-0.4, -0.2) is 40.0 Å². The van der Waals surface area contributed by atoms with Gasteiger partial charge in [0.2, 0.25) is 5.91 Å². The molecule has 6 nitrogen and oxygen atoms in total. The Kier molecular flexibility index (Phi) is 7.01. The summed E-state index contributed by atoms with van der Waals surface area (Å²) in [7, 11) is 0. The summed E-state index contributed by atoms with van der Waals surface area (Å²) in [6.45, 7) is 6.15. The maximum Gasteiger partial charge on any atom is 0.234 e. The lowest BCUT2D eigenvalue weighted by atomic mass is 10.2. The second-order valence-corrected chi connectivity index (χ2v) is 4.45. The van der Waals surface area contributed by atoms with Crippen molar-refractivity contribution in [2.75, 3.05) is 13.1 Å². The van der Waals surface area contributed by atoms with Gasteiger partial charge in [0.1, 0.15) is 0 Å². The highest BCUT2D eigenvalue weighted by Gasteiger charge is 2.05. The number of hydrogen-bond donors (Lipinski definition) is 2. The molecule has 6 heteroatoms. The van der Waals surface area contributed by atoms with Crippen molar-refractivity contribution in [2.24, 2.45) is 0 Å². The lowest BCUT2D eigenvalue weighted by Gasteiger charge is -2.13. The Morgan fingerprint density at radius 1 is 1.50 bits per heavy atom. The highest BCUT2D eigenvalue weighted by Crippen LogP contribution is 1.93.